The van der Waals surface area contributed by atoms with E-state index in [0.717, 1.165) is 21.1 Å². The molecule has 0 N–H and O–H groups in total. The van der Waals surface area contributed by atoms with Gasteiger partial charge in [-0.25, -0.2) is 4.98 Å². The van der Waals surface area contributed by atoms with Crippen LogP contribution in [0.4, 0.5) is 0 Å². The Bertz CT molecular complexity index is 754. The van der Waals surface area contributed by atoms with Crippen molar-refractivity contribution in [1.82, 2.24) is 4.98 Å². The zero-order valence-electron chi connectivity index (χ0n) is 9.98. The Morgan fingerprint density at radius 2 is 2.05 bits per heavy atom. The summed E-state index contributed by atoms with van der Waals surface area (Å²) in [5.41, 5.74) is 2.36. The van der Waals surface area contributed by atoms with Gasteiger partial charge in [-0.1, -0.05) is 27.5 Å². The van der Waals surface area contributed by atoms with Crippen LogP contribution in [0.15, 0.2) is 45.3 Å². The fourth-order valence-corrected chi connectivity index (χ4v) is 2.43. The largest absolute Gasteiger partial charge is 0.495 e. The van der Waals surface area contributed by atoms with E-state index in [1.54, 1.807) is 19.2 Å². The molecule has 0 radical (unpaired) electrons. The normalized spacial score (nSPS) is 10.9. The van der Waals surface area contributed by atoms with E-state index in [-0.39, 0.29) is 0 Å². The first kappa shape index (κ1) is 12.5. The molecule has 19 heavy (non-hydrogen) atoms. The van der Waals surface area contributed by atoms with E-state index in [1.165, 1.54) is 0 Å². The molecule has 0 saturated carbocycles. The maximum Gasteiger partial charge on any atom is 0.227 e. The van der Waals surface area contributed by atoms with Crippen LogP contribution in [0.25, 0.3) is 22.6 Å². The SMILES string of the molecule is COc1ccc(-c2nc3cc(Br)ccc3o2)cc1Cl. The van der Waals surface area contributed by atoms with Gasteiger partial charge in [0.15, 0.2) is 5.58 Å². The first-order valence-corrected chi connectivity index (χ1v) is 6.74. The van der Waals surface area contributed by atoms with Crippen molar-refractivity contribution in [3.8, 4) is 17.2 Å². The van der Waals surface area contributed by atoms with E-state index < -0.39 is 0 Å². The van der Waals surface area contributed by atoms with Gasteiger partial charge >= 0.3 is 0 Å². The van der Waals surface area contributed by atoms with Gasteiger partial charge in [0.1, 0.15) is 11.3 Å². The van der Waals surface area contributed by atoms with Crippen molar-refractivity contribution >= 4 is 38.6 Å². The zero-order chi connectivity index (χ0) is 13.4. The molecule has 0 fully saturated rings. The van der Waals surface area contributed by atoms with E-state index in [9.17, 15) is 0 Å². The fourth-order valence-electron chi connectivity index (χ4n) is 1.82. The van der Waals surface area contributed by atoms with Crippen molar-refractivity contribution in [3.05, 3.63) is 45.9 Å². The minimum Gasteiger partial charge on any atom is -0.495 e. The number of benzene rings is 2. The van der Waals surface area contributed by atoms with Crippen LogP contribution in [0.3, 0.4) is 0 Å². The van der Waals surface area contributed by atoms with Crippen LogP contribution in [0.1, 0.15) is 0 Å². The van der Waals surface area contributed by atoms with Crippen molar-refractivity contribution in [2.75, 3.05) is 7.11 Å². The molecule has 0 amide bonds. The number of fused-ring (bicyclic) bond motifs is 1. The smallest absolute Gasteiger partial charge is 0.227 e. The lowest BCUT2D eigenvalue weighted by molar-refractivity contribution is 0.415. The van der Waals surface area contributed by atoms with Crippen LogP contribution < -0.4 is 4.74 Å². The monoisotopic (exact) mass is 337 g/mol. The molecule has 1 heterocycles. The summed E-state index contributed by atoms with van der Waals surface area (Å²) < 4.78 is 11.8. The third-order valence-electron chi connectivity index (χ3n) is 2.75. The summed E-state index contributed by atoms with van der Waals surface area (Å²) >= 11 is 9.51. The summed E-state index contributed by atoms with van der Waals surface area (Å²) in [6, 6.07) is 11.1. The van der Waals surface area contributed by atoms with Crippen molar-refractivity contribution in [1.29, 1.82) is 0 Å². The Kier molecular flexibility index (Phi) is 3.21. The van der Waals surface area contributed by atoms with Crippen LogP contribution >= 0.6 is 27.5 Å². The molecule has 0 atom stereocenters. The first-order valence-electron chi connectivity index (χ1n) is 5.57. The van der Waals surface area contributed by atoms with Gasteiger partial charge in [-0.05, 0) is 36.4 Å². The van der Waals surface area contributed by atoms with Crippen LogP contribution in [0, 0.1) is 0 Å². The molecule has 3 nitrogen and oxygen atoms in total. The second kappa shape index (κ2) is 4.87. The van der Waals surface area contributed by atoms with Gasteiger partial charge < -0.3 is 9.15 Å². The van der Waals surface area contributed by atoms with Crippen LogP contribution in [-0.2, 0) is 0 Å². The van der Waals surface area contributed by atoms with Gasteiger partial charge in [-0.2, -0.15) is 0 Å². The number of halogens is 2. The summed E-state index contributed by atoms with van der Waals surface area (Å²) in [7, 11) is 1.58. The van der Waals surface area contributed by atoms with Gasteiger partial charge in [0.25, 0.3) is 0 Å². The predicted octanol–water partition coefficient (Wildman–Crippen LogP) is 4.92. The second-order valence-electron chi connectivity index (χ2n) is 3.98. The third kappa shape index (κ3) is 2.33. The molecule has 96 valence electrons. The molecule has 1 aromatic heterocycles. The molecule has 0 aliphatic heterocycles. The van der Waals surface area contributed by atoms with Crippen molar-refractivity contribution < 1.29 is 9.15 Å². The molecular weight excluding hydrogens is 330 g/mol. The van der Waals surface area contributed by atoms with E-state index in [0.29, 0.717) is 16.7 Å². The highest BCUT2D eigenvalue weighted by atomic mass is 79.9. The molecule has 3 rings (SSSR count). The lowest BCUT2D eigenvalue weighted by Gasteiger charge is -2.03. The van der Waals surface area contributed by atoms with Crippen LogP contribution in [-0.4, -0.2) is 12.1 Å². The number of nitrogens with zero attached hydrogens (tertiary/aromatic N) is 1. The van der Waals surface area contributed by atoms with Gasteiger partial charge in [-0.3, -0.25) is 0 Å². The van der Waals surface area contributed by atoms with E-state index >= 15 is 0 Å². The molecule has 2 aromatic carbocycles. The number of methoxy groups -OCH3 is 1. The number of hydrogen-bond donors (Lipinski definition) is 0. The van der Waals surface area contributed by atoms with E-state index in [2.05, 4.69) is 20.9 Å². The van der Waals surface area contributed by atoms with Gasteiger partial charge in [0, 0.05) is 10.0 Å². The summed E-state index contributed by atoms with van der Waals surface area (Å²) in [5, 5.41) is 0.531. The number of oxazole rings is 1. The number of rotatable bonds is 2. The van der Waals surface area contributed by atoms with Crippen molar-refractivity contribution in [2.45, 2.75) is 0 Å². The first-order chi connectivity index (χ1) is 9.17. The lowest BCUT2D eigenvalue weighted by Crippen LogP contribution is -1.85. The third-order valence-corrected chi connectivity index (χ3v) is 3.54. The maximum absolute atomic E-state index is 6.10. The molecule has 0 aliphatic carbocycles. The average molecular weight is 339 g/mol. The quantitative estimate of drug-likeness (QED) is 0.665. The Labute approximate surface area is 123 Å². The topological polar surface area (TPSA) is 35.3 Å². The van der Waals surface area contributed by atoms with E-state index in [1.807, 2.05) is 24.3 Å². The summed E-state index contributed by atoms with van der Waals surface area (Å²) in [5.74, 6) is 1.17. The van der Waals surface area contributed by atoms with Gasteiger partial charge in [-0.15, -0.1) is 0 Å². The van der Waals surface area contributed by atoms with Gasteiger partial charge in [0.2, 0.25) is 5.89 Å². The summed E-state index contributed by atoms with van der Waals surface area (Å²) in [4.78, 5) is 4.44. The summed E-state index contributed by atoms with van der Waals surface area (Å²) in [6.45, 7) is 0. The molecule has 0 spiro atoms. The van der Waals surface area contributed by atoms with E-state index in [4.69, 9.17) is 20.8 Å². The van der Waals surface area contributed by atoms with Crippen molar-refractivity contribution in [3.63, 3.8) is 0 Å². The number of hydrogen-bond acceptors (Lipinski definition) is 3. The Morgan fingerprint density at radius 3 is 2.79 bits per heavy atom. The maximum atomic E-state index is 6.10. The minimum absolute atomic E-state index is 0.531. The highest BCUT2D eigenvalue weighted by Crippen LogP contribution is 2.31. The number of ether oxygens (including phenoxy) is 1. The highest BCUT2D eigenvalue weighted by molar-refractivity contribution is 9.10. The second-order valence-corrected chi connectivity index (χ2v) is 5.30. The van der Waals surface area contributed by atoms with Crippen LogP contribution in [0.2, 0.25) is 5.02 Å². The molecule has 0 bridgehead atoms. The van der Waals surface area contributed by atoms with Crippen LogP contribution in [0.5, 0.6) is 5.75 Å². The molecule has 0 unspecified atom stereocenters. The summed E-state index contributed by atoms with van der Waals surface area (Å²) in [6.07, 6.45) is 0. The minimum atomic E-state index is 0.531. The number of aromatic nitrogens is 1. The molecule has 5 heteroatoms. The molecule has 0 saturated heterocycles. The predicted molar refractivity (Wildman–Crippen MR) is 78.7 cm³/mol. The standard InChI is InChI=1S/C14H9BrClNO2/c1-18-12-4-2-8(6-10(12)16)14-17-11-7-9(15)3-5-13(11)19-14/h2-7H,1H3. The fraction of sp³-hybridized carbons (Fsp3) is 0.0714. The molecule has 0 aliphatic rings. The zero-order valence-corrected chi connectivity index (χ0v) is 12.3. The Morgan fingerprint density at radius 1 is 1.21 bits per heavy atom. The molecule has 3 aromatic rings. The molecular formula is C14H9BrClNO2. The average Bonchev–Trinajstić information content (AvgIpc) is 2.81. The lowest BCUT2D eigenvalue weighted by atomic mass is 10.2. The Hall–Kier alpha value is -1.52. The van der Waals surface area contributed by atoms with Crippen molar-refractivity contribution in [2.24, 2.45) is 0 Å². The Balaban J connectivity index is 2.11. The highest BCUT2D eigenvalue weighted by Gasteiger charge is 2.10. The van der Waals surface area contributed by atoms with Gasteiger partial charge in [0.05, 0.1) is 12.1 Å².